The van der Waals surface area contributed by atoms with Gasteiger partial charge in [0.2, 0.25) is 0 Å². The first-order valence-electron chi connectivity index (χ1n) is 22.2. The number of rotatable bonds is 11. The number of methoxy groups -OCH3 is 1. The Morgan fingerprint density at radius 3 is 2.54 bits per heavy atom. The zero-order valence-corrected chi connectivity index (χ0v) is 38.7. The molecule has 67 heavy (non-hydrogen) atoms. The number of phenols is 1. The first-order chi connectivity index (χ1) is 32.0. The van der Waals surface area contributed by atoms with Gasteiger partial charge in [0.25, 0.3) is 11.7 Å². The summed E-state index contributed by atoms with van der Waals surface area (Å²) in [5.41, 5.74) is -0.568. The minimum Gasteiger partial charge on any atom is -0.505 e. The summed E-state index contributed by atoms with van der Waals surface area (Å²) in [6, 6.07) is 6.94. The summed E-state index contributed by atoms with van der Waals surface area (Å²) >= 11 is 0. The second kappa shape index (κ2) is 20.2. The quantitative estimate of drug-likeness (QED) is 0.0465. The zero-order valence-electron chi connectivity index (χ0n) is 38.7. The molecule has 0 saturated carbocycles. The van der Waals surface area contributed by atoms with E-state index in [1.165, 1.54) is 40.2 Å². The molecule has 18 heteroatoms. The molecule has 4 aliphatic rings. The molecule has 9 atom stereocenters. The van der Waals surface area contributed by atoms with E-state index >= 15 is 0 Å². The molecule has 8 rings (SSSR count). The SMILES string of the molecule is CO[C@H]1/C=C/O[C@@]2(C)Oc3c(C)c(=O)c4c(O)c(c5oc6cc(OCCNCCOCCC#N)ccc6nc5c4c3C2=O)NC(=O)/C(C)=C\C=C\[C@H](C)[C@@H]2O[C@H]([C@H](O)[C@@H]2C)[C@H](OC(C)=O)[C@@H]1C. The number of anilines is 1. The van der Waals surface area contributed by atoms with Gasteiger partial charge in [-0.15, -0.1) is 0 Å². The van der Waals surface area contributed by atoms with Gasteiger partial charge in [-0.05, 0) is 32.1 Å². The van der Waals surface area contributed by atoms with Crippen LogP contribution in [0.4, 0.5) is 5.69 Å². The third-order valence-electron chi connectivity index (χ3n) is 12.5. The molecule has 0 radical (unpaired) electrons. The number of nitrogens with one attached hydrogen (secondary N) is 2. The molecule has 4 aromatic rings. The van der Waals surface area contributed by atoms with Crippen molar-refractivity contribution in [2.24, 2.45) is 17.8 Å². The van der Waals surface area contributed by atoms with Gasteiger partial charge in [0.1, 0.15) is 47.0 Å². The number of hydrogen-bond donors (Lipinski definition) is 4. The average Bonchev–Trinajstić information content (AvgIpc) is 3.74. The van der Waals surface area contributed by atoms with Crippen LogP contribution in [0.25, 0.3) is 33.0 Å². The first kappa shape index (κ1) is 48.6. The Kier molecular flexibility index (Phi) is 14.7. The number of carbonyl (C=O) groups is 3. The summed E-state index contributed by atoms with van der Waals surface area (Å²) in [6.07, 6.45) is 3.83. The molecule has 5 heterocycles. The fourth-order valence-electron chi connectivity index (χ4n) is 8.78. The van der Waals surface area contributed by atoms with Crippen LogP contribution in [0.5, 0.6) is 17.2 Å². The van der Waals surface area contributed by atoms with E-state index in [2.05, 4.69) is 10.6 Å². The van der Waals surface area contributed by atoms with Crippen molar-refractivity contribution in [2.75, 3.05) is 45.3 Å². The molecule has 4 aliphatic heterocycles. The highest BCUT2D eigenvalue weighted by molar-refractivity contribution is 6.26. The van der Waals surface area contributed by atoms with Crippen LogP contribution in [-0.2, 0) is 33.3 Å². The van der Waals surface area contributed by atoms with Gasteiger partial charge in [-0.3, -0.25) is 19.2 Å². The number of fused-ring (bicyclic) bond motifs is 9. The molecule has 1 fully saturated rings. The lowest BCUT2D eigenvalue weighted by Crippen LogP contribution is -2.46. The Morgan fingerprint density at radius 1 is 1.04 bits per heavy atom. The molecule has 18 nitrogen and oxygen atoms in total. The van der Waals surface area contributed by atoms with E-state index < -0.39 is 77.0 Å². The normalized spacial score (nSPS) is 28.2. The standard InChI is InChI=1S/C49H56N4O14/c1-24-11-9-12-25(2)48(59)53-38-41(57)35-34(37-45(38)65-33-23-30(13-14-31(33)52-37)62-22-18-51-17-21-61-19-10-16-50)36-43(27(4)39(35)55)67-49(7,47(36)58)63-20-15-32(60-8)26(3)44(64-29(6)54)46-40(56)28(5)42(24)66-46/h9,11-15,20,23-24,26,28,32,40,42,44,46,51,56-57H,10,17-19,21-22H2,1-8H3,(H,53,59)/b11-9+,20-15+,25-12-/t24-,26+,28-,32-,40+,42-,44+,46+,49-/m0/s1. The number of amides is 1. The van der Waals surface area contributed by atoms with Gasteiger partial charge in [-0.25, -0.2) is 4.98 Å². The molecular weight excluding hydrogens is 869 g/mol. The van der Waals surface area contributed by atoms with E-state index in [0.29, 0.717) is 44.0 Å². The highest BCUT2D eigenvalue weighted by Gasteiger charge is 2.51. The van der Waals surface area contributed by atoms with Crippen molar-refractivity contribution in [3.05, 3.63) is 75.7 Å². The highest BCUT2D eigenvalue weighted by Crippen LogP contribution is 2.48. The van der Waals surface area contributed by atoms with E-state index in [0.717, 1.165) is 0 Å². The van der Waals surface area contributed by atoms with E-state index in [4.69, 9.17) is 47.8 Å². The summed E-state index contributed by atoms with van der Waals surface area (Å²) in [4.78, 5) is 60.5. The van der Waals surface area contributed by atoms with Gasteiger partial charge in [0.15, 0.2) is 22.3 Å². The molecule has 1 aromatic heterocycles. The van der Waals surface area contributed by atoms with Crippen molar-refractivity contribution in [2.45, 2.75) is 91.2 Å². The second-order valence-electron chi connectivity index (χ2n) is 17.2. The Labute approximate surface area is 386 Å². The number of allylic oxidation sites excluding steroid dienone is 2. The second-order valence-corrected chi connectivity index (χ2v) is 17.2. The maximum Gasteiger partial charge on any atom is 0.312 e. The molecule has 3 aromatic carbocycles. The summed E-state index contributed by atoms with van der Waals surface area (Å²) in [7, 11) is 1.45. The number of ketones is 1. The number of nitriles is 1. The van der Waals surface area contributed by atoms with E-state index in [1.807, 2.05) is 26.0 Å². The maximum atomic E-state index is 14.7. The maximum absolute atomic E-state index is 14.7. The summed E-state index contributed by atoms with van der Waals surface area (Å²) < 4.78 is 48.2. The van der Waals surface area contributed by atoms with Crippen LogP contribution < -0.4 is 25.5 Å². The van der Waals surface area contributed by atoms with Crippen molar-refractivity contribution in [1.29, 1.82) is 5.26 Å². The van der Waals surface area contributed by atoms with Crippen molar-refractivity contribution in [3.8, 4) is 23.3 Å². The number of Topliss-reactive ketones (excluding diaryl/α,β-unsaturated/α-hetero) is 1. The van der Waals surface area contributed by atoms with E-state index in [1.54, 1.807) is 44.2 Å². The number of esters is 1. The Hall–Kier alpha value is -6.36. The molecule has 356 valence electrons. The van der Waals surface area contributed by atoms with Crippen LogP contribution in [0.15, 0.2) is 63.6 Å². The van der Waals surface area contributed by atoms with Crippen molar-refractivity contribution in [3.63, 3.8) is 0 Å². The number of ether oxygens (including phenoxy) is 7. The van der Waals surface area contributed by atoms with Gasteiger partial charge in [-0.2, -0.15) is 5.26 Å². The van der Waals surface area contributed by atoms with Crippen LogP contribution >= 0.6 is 0 Å². The summed E-state index contributed by atoms with van der Waals surface area (Å²) in [5, 5.41) is 37.8. The molecule has 7 bridgehead atoms. The number of benzene rings is 3. The minimum atomic E-state index is -2.05. The first-order valence-corrected chi connectivity index (χ1v) is 22.2. The van der Waals surface area contributed by atoms with E-state index in [-0.39, 0.29) is 68.1 Å². The van der Waals surface area contributed by atoms with Gasteiger partial charge in [0.05, 0.1) is 61.2 Å². The number of nitrogens with zero attached hydrogens (tertiary/aromatic N) is 2. The number of carbonyl (C=O) groups excluding carboxylic acids is 3. The smallest absolute Gasteiger partial charge is 0.312 e. The summed E-state index contributed by atoms with van der Waals surface area (Å²) in [5.74, 6) is -5.67. The molecule has 0 aliphatic carbocycles. The molecular formula is C49H56N4O14. The molecule has 0 unspecified atom stereocenters. The molecule has 0 spiro atoms. The molecule has 1 saturated heterocycles. The van der Waals surface area contributed by atoms with Gasteiger partial charge >= 0.3 is 11.8 Å². The lowest BCUT2D eigenvalue weighted by molar-refractivity contribution is -0.168. The number of aliphatic hydroxyl groups excluding tert-OH is 1. The largest absolute Gasteiger partial charge is 0.505 e. The third kappa shape index (κ3) is 9.60. The van der Waals surface area contributed by atoms with E-state index in [9.17, 15) is 29.4 Å². The molecule has 1 amide bonds. The minimum absolute atomic E-state index is 0.0142. The fourth-order valence-corrected chi connectivity index (χ4v) is 8.78. The fraction of sp³-hybridized carbons (Fsp3) is 0.469. The predicted octanol–water partition coefficient (Wildman–Crippen LogP) is 5.67. The Balaban J connectivity index is 1.34. The monoisotopic (exact) mass is 924 g/mol. The number of phenolic OH excluding ortho intramolecular Hbond substituents is 1. The zero-order chi connectivity index (χ0) is 48.3. The van der Waals surface area contributed by atoms with Crippen LogP contribution in [0, 0.1) is 36.0 Å². The van der Waals surface area contributed by atoms with Crippen LogP contribution in [0.1, 0.15) is 63.9 Å². The predicted molar refractivity (Wildman–Crippen MR) is 245 cm³/mol. The van der Waals surface area contributed by atoms with Crippen molar-refractivity contribution in [1.82, 2.24) is 10.3 Å². The van der Waals surface area contributed by atoms with Gasteiger partial charge in [0, 0.05) is 74.4 Å². The van der Waals surface area contributed by atoms with Crippen LogP contribution in [0.2, 0.25) is 0 Å². The number of aliphatic hydroxyl groups is 1. The lowest BCUT2D eigenvalue weighted by atomic mass is 9.86. The number of aromatic nitrogens is 1. The number of aromatic hydroxyl groups is 1. The summed E-state index contributed by atoms with van der Waals surface area (Å²) in [6.45, 7) is 13.3. The Bertz CT molecular complexity index is 2780. The van der Waals surface area contributed by atoms with Crippen molar-refractivity contribution >= 4 is 56.3 Å². The van der Waals surface area contributed by atoms with Crippen molar-refractivity contribution < 1.29 is 62.2 Å². The Morgan fingerprint density at radius 2 is 1.81 bits per heavy atom. The third-order valence-corrected chi connectivity index (χ3v) is 12.5. The lowest BCUT2D eigenvalue weighted by Gasteiger charge is -2.33. The van der Waals surface area contributed by atoms with Crippen LogP contribution in [-0.4, -0.2) is 109 Å². The average molecular weight is 925 g/mol. The topological polar surface area (TPSA) is 247 Å². The molecule has 4 N–H and O–H groups in total. The van der Waals surface area contributed by atoms with Gasteiger partial charge < -0.3 is 58.4 Å². The van der Waals surface area contributed by atoms with Gasteiger partial charge in [-0.1, -0.05) is 39.0 Å². The van der Waals surface area contributed by atoms with Crippen LogP contribution in [0.3, 0.4) is 0 Å². The number of hydrogen-bond acceptors (Lipinski definition) is 17. The highest BCUT2D eigenvalue weighted by atomic mass is 16.7.